The third-order valence-electron chi connectivity index (χ3n) is 3.31. The molecule has 0 radical (unpaired) electrons. The van der Waals surface area contributed by atoms with Crippen molar-refractivity contribution in [2.75, 3.05) is 19.4 Å². The Kier molecular flexibility index (Phi) is 9.24. The second-order valence-electron chi connectivity index (χ2n) is 5.33. The van der Waals surface area contributed by atoms with Gasteiger partial charge in [-0.2, -0.15) is 0 Å². The third-order valence-corrected chi connectivity index (χ3v) is 5.33. The molecular weight excluding hydrogens is 347 g/mol. The van der Waals surface area contributed by atoms with Crippen molar-refractivity contribution in [2.45, 2.75) is 25.7 Å². The molecule has 4 N–H and O–H groups in total. The fraction of sp³-hybridized carbons (Fsp3) is 0.692. The fourth-order valence-corrected chi connectivity index (χ4v) is 4.30. The summed E-state index contributed by atoms with van der Waals surface area (Å²) in [7, 11) is -3.07. The van der Waals surface area contributed by atoms with E-state index in [1.807, 2.05) is 0 Å². The molecule has 24 heavy (non-hydrogen) atoms. The number of hydrogen-bond acceptors (Lipinski definition) is 6. The summed E-state index contributed by atoms with van der Waals surface area (Å²) in [6, 6.07) is 0. The number of rotatable bonds is 12. The Balaban J connectivity index is 4.98. The minimum Gasteiger partial charge on any atom is -0.481 e. The number of methoxy groups -OCH3 is 1. The Hall–Kier alpha value is -1.93. The lowest BCUT2D eigenvalue weighted by atomic mass is 10.1. The van der Waals surface area contributed by atoms with Crippen LogP contribution in [0, 0.1) is 11.8 Å². The zero-order valence-corrected chi connectivity index (χ0v) is 14.0. The van der Waals surface area contributed by atoms with E-state index in [1.54, 1.807) is 0 Å². The first-order chi connectivity index (χ1) is 11.0. The standard InChI is InChI=1S/C13H21O10P/c1-23-13(20)9(3-5-11(16)17)7-24(21,22)6-8(12(18)19)2-4-10(14)15/h8-9H,2-7H2,1H3,(H,14,15)(H,16,17)(H,18,19)(H,21,22). The molecule has 0 amide bonds. The molecular formula is C13H21O10P. The minimum atomic E-state index is -4.11. The number of carbonyl (C=O) groups excluding carboxylic acids is 1. The number of esters is 1. The highest BCUT2D eigenvalue weighted by molar-refractivity contribution is 7.58. The summed E-state index contributed by atoms with van der Waals surface area (Å²) in [6.45, 7) is 0. The van der Waals surface area contributed by atoms with Crippen molar-refractivity contribution >= 4 is 31.2 Å². The average molecular weight is 368 g/mol. The second kappa shape index (κ2) is 10.0. The lowest BCUT2D eigenvalue weighted by Crippen LogP contribution is -2.25. The van der Waals surface area contributed by atoms with E-state index in [0.717, 1.165) is 7.11 Å². The van der Waals surface area contributed by atoms with Crippen LogP contribution in [-0.4, -0.2) is 63.5 Å². The largest absolute Gasteiger partial charge is 0.481 e. The summed E-state index contributed by atoms with van der Waals surface area (Å²) in [6.07, 6.45) is -2.76. The first-order valence-corrected chi connectivity index (χ1v) is 9.06. The molecule has 0 fully saturated rings. The molecule has 0 heterocycles. The number of carboxylic acid groups (broad SMARTS) is 3. The Morgan fingerprint density at radius 2 is 1.33 bits per heavy atom. The van der Waals surface area contributed by atoms with Crippen LogP contribution in [0.25, 0.3) is 0 Å². The predicted octanol–water partition coefficient (Wildman–Crippen LogP) is 0.476. The van der Waals surface area contributed by atoms with Gasteiger partial charge in [0, 0.05) is 25.2 Å². The minimum absolute atomic E-state index is 0.223. The Labute approximate surface area is 137 Å². The van der Waals surface area contributed by atoms with Gasteiger partial charge in [-0.1, -0.05) is 0 Å². The van der Waals surface area contributed by atoms with E-state index in [1.165, 1.54) is 0 Å². The van der Waals surface area contributed by atoms with Crippen LogP contribution in [0.5, 0.6) is 0 Å². The Bertz CT molecular complexity index is 529. The number of hydrogen-bond donors (Lipinski definition) is 4. The first-order valence-electron chi connectivity index (χ1n) is 7.03. The van der Waals surface area contributed by atoms with Crippen LogP contribution >= 0.6 is 7.37 Å². The number of ether oxygens (including phenoxy) is 1. The summed E-state index contributed by atoms with van der Waals surface area (Å²) in [5, 5.41) is 26.2. The number of carbonyl (C=O) groups is 4. The molecule has 3 atom stereocenters. The molecule has 10 nitrogen and oxygen atoms in total. The van der Waals surface area contributed by atoms with Crippen LogP contribution in [0.3, 0.4) is 0 Å². The van der Waals surface area contributed by atoms with E-state index in [4.69, 9.17) is 15.3 Å². The van der Waals surface area contributed by atoms with Crippen molar-refractivity contribution in [3.63, 3.8) is 0 Å². The highest BCUT2D eigenvalue weighted by Gasteiger charge is 2.34. The van der Waals surface area contributed by atoms with Gasteiger partial charge in [-0.05, 0) is 12.8 Å². The Morgan fingerprint density at radius 3 is 1.71 bits per heavy atom. The van der Waals surface area contributed by atoms with Crippen LogP contribution in [0.1, 0.15) is 25.7 Å². The van der Waals surface area contributed by atoms with Crippen molar-refractivity contribution in [3.8, 4) is 0 Å². The molecule has 0 rings (SSSR count). The summed E-state index contributed by atoms with van der Waals surface area (Å²) in [5.41, 5.74) is 0. The lowest BCUT2D eigenvalue weighted by Gasteiger charge is -2.20. The van der Waals surface area contributed by atoms with Gasteiger partial charge < -0.3 is 24.9 Å². The zero-order chi connectivity index (χ0) is 18.9. The van der Waals surface area contributed by atoms with E-state index >= 15 is 0 Å². The fourth-order valence-electron chi connectivity index (χ4n) is 2.10. The van der Waals surface area contributed by atoms with Gasteiger partial charge in [0.2, 0.25) is 7.37 Å². The molecule has 0 aliphatic rings. The van der Waals surface area contributed by atoms with E-state index in [2.05, 4.69) is 4.74 Å². The van der Waals surface area contributed by atoms with Gasteiger partial charge in [-0.25, -0.2) is 0 Å². The maximum atomic E-state index is 12.2. The van der Waals surface area contributed by atoms with Crippen LogP contribution in [0.15, 0.2) is 0 Å². The van der Waals surface area contributed by atoms with Gasteiger partial charge >= 0.3 is 23.9 Å². The molecule has 3 unspecified atom stereocenters. The van der Waals surface area contributed by atoms with Crippen molar-refractivity contribution in [1.82, 2.24) is 0 Å². The predicted molar refractivity (Wildman–Crippen MR) is 79.9 cm³/mol. The number of aliphatic carboxylic acids is 3. The van der Waals surface area contributed by atoms with Gasteiger partial charge in [0.15, 0.2) is 0 Å². The van der Waals surface area contributed by atoms with Crippen molar-refractivity contribution in [1.29, 1.82) is 0 Å². The first kappa shape index (κ1) is 22.1. The normalized spacial score (nSPS) is 15.8. The van der Waals surface area contributed by atoms with E-state index in [-0.39, 0.29) is 12.8 Å². The van der Waals surface area contributed by atoms with Crippen molar-refractivity contribution < 1.29 is 48.7 Å². The average Bonchev–Trinajstić information content (AvgIpc) is 2.46. The molecule has 0 aromatic heterocycles. The highest BCUT2D eigenvalue weighted by atomic mass is 31.2. The molecule has 0 aliphatic carbocycles. The Morgan fingerprint density at radius 1 is 0.917 bits per heavy atom. The smallest absolute Gasteiger partial charge is 0.309 e. The van der Waals surface area contributed by atoms with Crippen LogP contribution in [-0.2, 0) is 28.5 Å². The molecule has 0 aromatic carbocycles. The van der Waals surface area contributed by atoms with Gasteiger partial charge in [-0.3, -0.25) is 23.7 Å². The third kappa shape index (κ3) is 9.26. The second-order valence-corrected chi connectivity index (χ2v) is 7.75. The van der Waals surface area contributed by atoms with Crippen LogP contribution < -0.4 is 0 Å². The van der Waals surface area contributed by atoms with Gasteiger partial charge in [0.25, 0.3) is 0 Å². The SMILES string of the molecule is COC(=O)C(CCC(=O)O)CP(=O)(O)CC(CCC(=O)O)C(=O)O. The zero-order valence-electron chi connectivity index (χ0n) is 13.1. The van der Waals surface area contributed by atoms with E-state index < -0.39 is 68.2 Å². The van der Waals surface area contributed by atoms with Crippen molar-refractivity contribution in [2.24, 2.45) is 11.8 Å². The van der Waals surface area contributed by atoms with Gasteiger partial charge in [0.05, 0.1) is 18.9 Å². The summed E-state index contributed by atoms with van der Waals surface area (Å²) in [5.74, 6) is -7.20. The van der Waals surface area contributed by atoms with Gasteiger partial charge in [0.1, 0.15) is 0 Å². The molecule has 138 valence electrons. The maximum Gasteiger partial charge on any atom is 0.309 e. The molecule has 0 aliphatic heterocycles. The summed E-state index contributed by atoms with van der Waals surface area (Å²) in [4.78, 5) is 53.7. The highest BCUT2D eigenvalue weighted by Crippen LogP contribution is 2.46. The maximum absolute atomic E-state index is 12.2. The molecule has 0 bridgehead atoms. The number of carboxylic acids is 3. The molecule has 0 saturated heterocycles. The lowest BCUT2D eigenvalue weighted by molar-refractivity contribution is -0.146. The molecule has 0 aromatic rings. The topological polar surface area (TPSA) is 176 Å². The quantitative estimate of drug-likeness (QED) is 0.280. The van der Waals surface area contributed by atoms with E-state index in [9.17, 15) is 28.6 Å². The molecule has 11 heteroatoms. The summed E-state index contributed by atoms with van der Waals surface area (Å²) >= 11 is 0. The van der Waals surface area contributed by atoms with E-state index in [0.29, 0.717) is 0 Å². The molecule has 0 saturated carbocycles. The van der Waals surface area contributed by atoms with Gasteiger partial charge in [-0.15, -0.1) is 0 Å². The van der Waals surface area contributed by atoms with Crippen molar-refractivity contribution in [3.05, 3.63) is 0 Å². The van der Waals surface area contributed by atoms with Crippen LogP contribution in [0.2, 0.25) is 0 Å². The van der Waals surface area contributed by atoms with Crippen LogP contribution in [0.4, 0.5) is 0 Å². The molecule has 0 spiro atoms. The monoisotopic (exact) mass is 368 g/mol. The summed E-state index contributed by atoms with van der Waals surface area (Å²) < 4.78 is 16.7.